The van der Waals surface area contributed by atoms with Crippen molar-refractivity contribution in [3.8, 4) is 0 Å². The highest BCUT2D eigenvalue weighted by Gasteiger charge is 2.32. The van der Waals surface area contributed by atoms with Crippen molar-refractivity contribution in [3.63, 3.8) is 0 Å². The number of carbonyl (C=O) groups is 2. The van der Waals surface area contributed by atoms with Gasteiger partial charge >= 0.3 is 11.9 Å². The summed E-state index contributed by atoms with van der Waals surface area (Å²) in [5, 5.41) is 10.6. The molecule has 2 heterocycles. The number of aliphatic hydroxyl groups is 1. The molecule has 2 aliphatic rings. The minimum absolute atomic E-state index is 0.0323. The molecule has 0 radical (unpaired) electrons. The molecule has 1 fully saturated rings. The molecular formula is C21H29N3O6. The number of carbonyl (C=O) groups excluding carboxylic acids is 2. The molecule has 3 rings (SSSR count). The van der Waals surface area contributed by atoms with Crippen molar-refractivity contribution in [1.29, 1.82) is 0 Å². The molecule has 1 saturated heterocycles. The number of ether oxygens (including phenoxy) is 3. The van der Waals surface area contributed by atoms with Crippen LogP contribution in [0.5, 0.6) is 0 Å². The standard InChI is InChI=1S/C21H29N3O6/c1-22-8-10-23(11-9-22)12-18(25)15-4-6-16(7-5-15)24-14-30-13-17(20(26)28-2)19(24)21(27)29-3/h4-7,18,25H,8-14H2,1-3H3. The van der Waals surface area contributed by atoms with Gasteiger partial charge in [-0.1, -0.05) is 12.1 Å². The summed E-state index contributed by atoms with van der Waals surface area (Å²) in [5.74, 6) is -1.28. The van der Waals surface area contributed by atoms with Gasteiger partial charge in [0.2, 0.25) is 0 Å². The molecule has 1 aromatic rings. The van der Waals surface area contributed by atoms with Crippen molar-refractivity contribution in [2.45, 2.75) is 6.10 Å². The molecule has 2 aliphatic heterocycles. The third-order valence-corrected chi connectivity index (χ3v) is 5.45. The molecule has 0 saturated carbocycles. The van der Waals surface area contributed by atoms with E-state index in [1.165, 1.54) is 14.2 Å². The molecular weight excluding hydrogens is 390 g/mol. The van der Waals surface area contributed by atoms with Crippen LogP contribution >= 0.6 is 0 Å². The van der Waals surface area contributed by atoms with Crippen LogP contribution in [0.25, 0.3) is 0 Å². The van der Waals surface area contributed by atoms with E-state index >= 15 is 0 Å². The van der Waals surface area contributed by atoms with Crippen LogP contribution in [0.1, 0.15) is 11.7 Å². The quantitative estimate of drug-likeness (QED) is 0.656. The highest BCUT2D eigenvalue weighted by molar-refractivity contribution is 6.03. The summed E-state index contributed by atoms with van der Waals surface area (Å²) in [6.07, 6.45) is -0.610. The van der Waals surface area contributed by atoms with Gasteiger partial charge < -0.3 is 29.1 Å². The Labute approximate surface area is 176 Å². The third-order valence-electron chi connectivity index (χ3n) is 5.45. The van der Waals surface area contributed by atoms with Gasteiger partial charge in [-0.2, -0.15) is 0 Å². The summed E-state index contributed by atoms with van der Waals surface area (Å²) in [6.45, 7) is 4.47. The molecule has 0 bridgehead atoms. The Bertz CT molecular complexity index is 786. The monoisotopic (exact) mass is 419 g/mol. The zero-order chi connectivity index (χ0) is 21.7. The van der Waals surface area contributed by atoms with Gasteiger partial charge in [0.05, 0.1) is 32.5 Å². The smallest absolute Gasteiger partial charge is 0.355 e. The number of esters is 2. The summed E-state index contributed by atoms with van der Waals surface area (Å²) in [5.41, 5.74) is 1.63. The van der Waals surface area contributed by atoms with Gasteiger partial charge in [-0.25, -0.2) is 9.59 Å². The Hall–Kier alpha value is -2.46. The Balaban J connectivity index is 1.77. The predicted molar refractivity (Wildman–Crippen MR) is 110 cm³/mol. The zero-order valence-corrected chi connectivity index (χ0v) is 17.7. The summed E-state index contributed by atoms with van der Waals surface area (Å²) in [7, 11) is 4.61. The first kappa shape index (κ1) is 22.2. The Morgan fingerprint density at radius 2 is 1.70 bits per heavy atom. The Kier molecular flexibility index (Phi) is 7.43. The van der Waals surface area contributed by atoms with E-state index in [1.54, 1.807) is 17.0 Å². The fourth-order valence-electron chi connectivity index (χ4n) is 3.60. The minimum atomic E-state index is -0.641. The van der Waals surface area contributed by atoms with Crippen molar-refractivity contribution in [2.24, 2.45) is 0 Å². The first-order valence-corrected chi connectivity index (χ1v) is 9.88. The van der Waals surface area contributed by atoms with Crippen LogP contribution in [-0.4, -0.2) is 94.2 Å². The van der Waals surface area contributed by atoms with Crippen molar-refractivity contribution in [2.75, 3.05) is 72.2 Å². The second-order valence-corrected chi connectivity index (χ2v) is 7.43. The van der Waals surface area contributed by atoms with Crippen LogP contribution in [0.4, 0.5) is 5.69 Å². The number of anilines is 1. The number of β-amino-alcohol motifs (C(OH)–C–C–N with tert-alkyl or cyclic N) is 1. The van der Waals surface area contributed by atoms with Crippen molar-refractivity contribution >= 4 is 17.6 Å². The summed E-state index contributed by atoms with van der Waals surface area (Å²) < 4.78 is 15.1. The fraction of sp³-hybridized carbons (Fsp3) is 0.524. The number of hydrogen-bond donors (Lipinski definition) is 1. The highest BCUT2D eigenvalue weighted by Crippen LogP contribution is 2.28. The second kappa shape index (κ2) is 10.0. The lowest BCUT2D eigenvalue weighted by Gasteiger charge is -2.33. The van der Waals surface area contributed by atoms with Crippen LogP contribution in [0.3, 0.4) is 0 Å². The Morgan fingerprint density at radius 3 is 2.30 bits per heavy atom. The van der Waals surface area contributed by atoms with Gasteiger partial charge in [0.1, 0.15) is 12.4 Å². The van der Waals surface area contributed by atoms with Gasteiger partial charge in [-0.05, 0) is 24.7 Å². The van der Waals surface area contributed by atoms with Crippen LogP contribution in [0.15, 0.2) is 35.5 Å². The van der Waals surface area contributed by atoms with Crippen LogP contribution in [0, 0.1) is 0 Å². The molecule has 1 N–H and O–H groups in total. The molecule has 1 unspecified atom stereocenters. The largest absolute Gasteiger partial charge is 0.466 e. The number of piperazine rings is 1. The van der Waals surface area contributed by atoms with Crippen molar-refractivity contribution in [3.05, 3.63) is 41.1 Å². The van der Waals surface area contributed by atoms with Gasteiger partial charge in [-0.15, -0.1) is 0 Å². The van der Waals surface area contributed by atoms with E-state index in [9.17, 15) is 14.7 Å². The van der Waals surface area contributed by atoms with Crippen molar-refractivity contribution in [1.82, 2.24) is 9.80 Å². The van der Waals surface area contributed by atoms with E-state index in [1.807, 2.05) is 12.1 Å². The SMILES string of the molecule is COC(=O)C1=C(C(=O)OC)N(c2ccc(C(O)CN3CCN(C)CC3)cc2)COC1. The molecule has 9 nitrogen and oxygen atoms in total. The number of likely N-dealkylation sites (N-methyl/N-ethyl adjacent to an activating group) is 1. The first-order chi connectivity index (χ1) is 14.4. The lowest BCUT2D eigenvalue weighted by atomic mass is 10.1. The molecule has 0 aromatic heterocycles. The number of rotatable bonds is 6. The van der Waals surface area contributed by atoms with Gasteiger partial charge in [0.15, 0.2) is 0 Å². The minimum Gasteiger partial charge on any atom is -0.466 e. The number of aliphatic hydroxyl groups excluding tert-OH is 1. The van der Waals surface area contributed by atoms with Gasteiger partial charge in [0.25, 0.3) is 0 Å². The normalized spacial score (nSPS) is 19.5. The van der Waals surface area contributed by atoms with E-state index in [4.69, 9.17) is 14.2 Å². The maximum atomic E-state index is 12.4. The fourth-order valence-corrected chi connectivity index (χ4v) is 3.60. The summed E-state index contributed by atoms with van der Waals surface area (Å²) in [4.78, 5) is 30.5. The van der Waals surface area contributed by atoms with E-state index < -0.39 is 18.0 Å². The molecule has 0 aliphatic carbocycles. The average Bonchev–Trinajstić information content (AvgIpc) is 2.79. The number of benzene rings is 1. The van der Waals surface area contributed by atoms with E-state index in [0.717, 1.165) is 31.7 Å². The van der Waals surface area contributed by atoms with Crippen LogP contribution in [0.2, 0.25) is 0 Å². The maximum Gasteiger partial charge on any atom is 0.355 e. The lowest BCUT2D eigenvalue weighted by Crippen LogP contribution is -2.45. The number of methoxy groups -OCH3 is 2. The average molecular weight is 419 g/mol. The van der Waals surface area contributed by atoms with Gasteiger partial charge in [-0.3, -0.25) is 4.90 Å². The molecule has 164 valence electrons. The van der Waals surface area contributed by atoms with Crippen LogP contribution < -0.4 is 4.90 Å². The number of nitrogens with zero attached hydrogens (tertiary/aromatic N) is 3. The maximum absolute atomic E-state index is 12.4. The molecule has 1 aromatic carbocycles. The molecule has 9 heteroatoms. The first-order valence-electron chi connectivity index (χ1n) is 9.88. The third kappa shape index (κ3) is 4.99. The summed E-state index contributed by atoms with van der Waals surface area (Å²) >= 11 is 0. The Morgan fingerprint density at radius 1 is 1.07 bits per heavy atom. The number of hydrogen-bond acceptors (Lipinski definition) is 9. The molecule has 0 amide bonds. The molecule has 1 atom stereocenters. The van der Waals surface area contributed by atoms with Gasteiger partial charge in [0, 0.05) is 38.4 Å². The topological polar surface area (TPSA) is 91.8 Å². The lowest BCUT2D eigenvalue weighted by molar-refractivity contribution is -0.140. The molecule has 30 heavy (non-hydrogen) atoms. The van der Waals surface area contributed by atoms with E-state index in [-0.39, 0.29) is 24.6 Å². The molecule has 0 spiro atoms. The van der Waals surface area contributed by atoms with E-state index in [0.29, 0.717) is 12.2 Å². The summed E-state index contributed by atoms with van der Waals surface area (Å²) in [6, 6.07) is 7.21. The zero-order valence-electron chi connectivity index (χ0n) is 17.7. The van der Waals surface area contributed by atoms with E-state index in [2.05, 4.69) is 16.8 Å². The predicted octanol–water partition coefficient (Wildman–Crippen LogP) is 0.362. The van der Waals surface area contributed by atoms with Crippen molar-refractivity contribution < 1.29 is 28.9 Å². The second-order valence-electron chi connectivity index (χ2n) is 7.43. The highest BCUT2D eigenvalue weighted by atomic mass is 16.5. The van der Waals surface area contributed by atoms with Crippen LogP contribution in [-0.2, 0) is 23.8 Å².